The van der Waals surface area contributed by atoms with E-state index in [9.17, 15) is 4.57 Å². The second-order valence-corrected chi connectivity index (χ2v) is 6.48. The first-order valence-corrected chi connectivity index (χ1v) is 8.58. The molecule has 0 saturated heterocycles. The molecule has 1 N–H and O–H groups in total. The summed E-state index contributed by atoms with van der Waals surface area (Å²) in [5.41, 5.74) is 2.78. The minimum Gasteiger partial charge on any atom is -0.384 e. The van der Waals surface area contributed by atoms with E-state index in [1.807, 2.05) is 0 Å². The summed E-state index contributed by atoms with van der Waals surface area (Å²) in [6, 6.07) is 0. The second kappa shape index (κ2) is 6.72. The Morgan fingerprint density at radius 3 is 2.80 bits per heavy atom. The van der Waals surface area contributed by atoms with Gasteiger partial charge in [-0.1, -0.05) is 11.6 Å². The van der Waals surface area contributed by atoms with Crippen LogP contribution in [0.4, 0.5) is 5.69 Å². The van der Waals surface area contributed by atoms with Crippen LogP contribution in [0.15, 0.2) is 12.0 Å². The van der Waals surface area contributed by atoms with E-state index in [4.69, 9.17) is 20.6 Å². The van der Waals surface area contributed by atoms with Gasteiger partial charge in [0.2, 0.25) is 0 Å². The monoisotopic (exact) mass is 316 g/mol. The highest BCUT2D eigenvalue weighted by atomic mass is 35.5. The van der Waals surface area contributed by atoms with Crippen LogP contribution in [-0.4, -0.2) is 24.7 Å². The third-order valence-corrected chi connectivity index (χ3v) is 4.94. The highest BCUT2D eigenvalue weighted by Crippen LogP contribution is 2.50. The number of nitrogens with zero attached hydrogens (tertiary/aromatic N) is 1. The molecule has 1 aliphatic rings. The molecule has 0 amide bonds. The Hall–Kier alpha value is -0.870. The van der Waals surface area contributed by atoms with Crippen molar-refractivity contribution in [3.63, 3.8) is 0 Å². The van der Waals surface area contributed by atoms with Gasteiger partial charge in [-0.15, -0.1) is 0 Å². The molecule has 5 nitrogen and oxygen atoms in total. The maximum absolute atomic E-state index is 12.4. The molecule has 0 fully saturated rings. The zero-order chi connectivity index (χ0) is 14.6. The smallest absolute Gasteiger partial charge is 0.354 e. The lowest BCUT2D eigenvalue weighted by atomic mass is 10.1. The Bertz CT molecular complexity index is 553. The van der Waals surface area contributed by atoms with Crippen LogP contribution in [0.25, 0.3) is 6.08 Å². The van der Waals surface area contributed by atoms with Crippen LogP contribution in [0.3, 0.4) is 0 Å². The number of hydrogen-bond donors (Lipinski definition) is 1. The number of halogens is 1. The quantitative estimate of drug-likeness (QED) is 0.636. The average molecular weight is 317 g/mol. The van der Waals surface area contributed by atoms with Crippen LogP contribution in [0, 0.1) is 0 Å². The number of fused-ring (bicyclic) bond motifs is 1. The predicted molar refractivity (Wildman–Crippen MR) is 81.3 cm³/mol. The third kappa shape index (κ3) is 3.41. The van der Waals surface area contributed by atoms with Crippen molar-refractivity contribution in [2.75, 3.05) is 25.1 Å². The largest absolute Gasteiger partial charge is 0.384 e. The molecule has 0 atom stereocenters. The minimum atomic E-state index is -3.22. The maximum atomic E-state index is 12.4. The van der Waals surface area contributed by atoms with Crippen molar-refractivity contribution in [1.29, 1.82) is 0 Å². The summed E-state index contributed by atoms with van der Waals surface area (Å²) in [4.78, 5) is 4.15. The normalized spacial score (nSPS) is 14.6. The summed E-state index contributed by atoms with van der Waals surface area (Å²) in [7, 11) is -3.22. The Morgan fingerprint density at radius 1 is 1.45 bits per heavy atom. The lowest BCUT2D eigenvalue weighted by molar-refractivity contribution is 0.229. The van der Waals surface area contributed by atoms with Crippen molar-refractivity contribution in [1.82, 2.24) is 4.98 Å². The first kappa shape index (κ1) is 15.5. The molecule has 0 radical (unpaired) electrons. The van der Waals surface area contributed by atoms with Crippen LogP contribution in [0.1, 0.15) is 25.0 Å². The van der Waals surface area contributed by atoms with Gasteiger partial charge in [0.1, 0.15) is 5.15 Å². The van der Waals surface area contributed by atoms with Gasteiger partial charge in [0.25, 0.3) is 0 Å². The van der Waals surface area contributed by atoms with Crippen molar-refractivity contribution in [2.45, 2.75) is 20.3 Å². The molecule has 0 spiro atoms. The summed E-state index contributed by atoms with van der Waals surface area (Å²) in [6.45, 7) is 5.04. The zero-order valence-electron chi connectivity index (χ0n) is 11.6. The van der Waals surface area contributed by atoms with Gasteiger partial charge >= 0.3 is 7.60 Å². The topological polar surface area (TPSA) is 60.5 Å². The van der Waals surface area contributed by atoms with Crippen LogP contribution in [0.2, 0.25) is 5.15 Å². The zero-order valence-corrected chi connectivity index (χ0v) is 13.2. The molecule has 0 aromatic carbocycles. The Labute approximate surface area is 123 Å². The molecule has 110 valence electrons. The third-order valence-electron chi connectivity index (χ3n) is 2.88. The van der Waals surface area contributed by atoms with Gasteiger partial charge in [0.15, 0.2) is 0 Å². The Balaban J connectivity index is 2.31. The highest BCUT2D eigenvalue weighted by Gasteiger charge is 2.21. The van der Waals surface area contributed by atoms with Gasteiger partial charge in [-0.3, -0.25) is 4.57 Å². The fourth-order valence-electron chi connectivity index (χ4n) is 2.07. The second-order valence-electron chi connectivity index (χ2n) is 4.23. The van der Waals surface area contributed by atoms with Crippen molar-refractivity contribution in [3.8, 4) is 0 Å². The molecular weight excluding hydrogens is 299 g/mol. The van der Waals surface area contributed by atoms with E-state index in [1.165, 1.54) is 5.82 Å². The maximum Gasteiger partial charge on any atom is 0.354 e. The fraction of sp³-hybridized carbons (Fsp3) is 0.462. The summed E-state index contributed by atoms with van der Waals surface area (Å²) in [5.74, 6) is 1.45. The molecule has 2 heterocycles. The molecule has 1 aliphatic heterocycles. The van der Waals surface area contributed by atoms with Gasteiger partial charge < -0.3 is 14.4 Å². The van der Waals surface area contributed by atoms with Gasteiger partial charge in [-0.25, -0.2) is 4.98 Å². The van der Waals surface area contributed by atoms with Gasteiger partial charge in [-0.05, 0) is 31.9 Å². The van der Waals surface area contributed by atoms with Crippen molar-refractivity contribution in [3.05, 3.63) is 28.3 Å². The SMILES string of the molecule is CCOP(=O)(/C=C/c1c(Cl)ncc2c1NCC2)OCC. The molecule has 1 aromatic heterocycles. The standard InChI is InChI=1S/C13H18ClN2O3P/c1-3-18-20(17,19-4-2)8-6-11-12-10(5-7-15-12)9-16-13(11)14/h6,8-9,15H,3-5,7H2,1-2H3/b8-6+. The molecule has 7 heteroatoms. The van der Waals surface area contributed by atoms with E-state index < -0.39 is 7.60 Å². The lowest BCUT2D eigenvalue weighted by Gasteiger charge is -2.13. The van der Waals surface area contributed by atoms with Crippen LogP contribution in [0.5, 0.6) is 0 Å². The molecule has 1 aromatic rings. The van der Waals surface area contributed by atoms with E-state index in [0.717, 1.165) is 29.8 Å². The minimum absolute atomic E-state index is 0.318. The first-order chi connectivity index (χ1) is 9.59. The molecular formula is C13H18ClN2O3P. The molecule has 2 rings (SSSR count). The van der Waals surface area contributed by atoms with Crippen LogP contribution in [-0.2, 0) is 20.0 Å². The average Bonchev–Trinajstić information content (AvgIpc) is 2.86. The molecule has 0 aliphatic carbocycles. The fourth-order valence-corrected chi connectivity index (χ4v) is 3.57. The summed E-state index contributed by atoms with van der Waals surface area (Å²) < 4.78 is 22.8. The number of anilines is 1. The molecule has 0 saturated carbocycles. The summed E-state index contributed by atoms with van der Waals surface area (Å²) in [6.07, 6.45) is 4.34. The Morgan fingerprint density at radius 2 is 2.15 bits per heavy atom. The highest BCUT2D eigenvalue weighted by molar-refractivity contribution is 7.57. The van der Waals surface area contributed by atoms with Gasteiger partial charge in [0, 0.05) is 29.8 Å². The van der Waals surface area contributed by atoms with E-state index in [-0.39, 0.29) is 0 Å². The number of hydrogen-bond acceptors (Lipinski definition) is 5. The van der Waals surface area contributed by atoms with Crippen molar-refractivity contribution < 1.29 is 13.6 Å². The Kier molecular flexibility index (Phi) is 5.22. The summed E-state index contributed by atoms with van der Waals surface area (Å²) in [5, 5.41) is 3.63. The molecule has 20 heavy (non-hydrogen) atoms. The van der Waals surface area contributed by atoms with Crippen LogP contribution < -0.4 is 5.32 Å². The van der Waals surface area contributed by atoms with E-state index in [0.29, 0.717) is 18.4 Å². The van der Waals surface area contributed by atoms with Crippen LogP contribution >= 0.6 is 19.2 Å². The first-order valence-electron chi connectivity index (χ1n) is 6.59. The van der Waals surface area contributed by atoms with Gasteiger partial charge in [-0.2, -0.15) is 0 Å². The van der Waals surface area contributed by atoms with E-state index in [1.54, 1.807) is 26.1 Å². The number of aromatic nitrogens is 1. The molecule has 0 unspecified atom stereocenters. The van der Waals surface area contributed by atoms with Crippen molar-refractivity contribution >= 4 is 31.0 Å². The van der Waals surface area contributed by atoms with E-state index in [2.05, 4.69) is 10.3 Å². The number of rotatable bonds is 6. The van der Waals surface area contributed by atoms with E-state index >= 15 is 0 Å². The summed E-state index contributed by atoms with van der Waals surface area (Å²) >= 11 is 6.12. The van der Waals surface area contributed by atoms with Gasteiger partial charge in [0.05, 0.1) is 13.2 Å². The lowest BCUT2D eigenvalue weighted by Crippen LogP contribution is -1.95. The number of nitrogens with one attached hydrogen (secondary N) is 1. The number of pyridine rings is 1. The molecule has 0 bridgehead atoms. The van der Waals surface area contributed by atoms with Crippen molar-refractivity contribution in [2.24, 2.45) is 0 Å². The predicted octanol–water partition coefficient (Wildman–Crippen LogP) is 3.94.